The lowest BCUT2D eigenvalue weighted by Gasteiger charge is -2.33. The largest absolute Gasteiger partial charge is 0.381 e. The molecule has 1 aliphatic carbocycles. The summed E-state index contributed by atoms with van der Waals surface area (Å²) in [6, 6.07) is 14.9. The Morgan fingerprint density at radius 1 is 1.14 bits per heavy atom. The molecule has 9 nitrogen and oxygen atoms in total. The van der Waals surface area contributed by atoms with Gasteiger partial charge in [0.05, 0.1) is 5.41 Å². The molecule has 3 N–H and O–H groups in total. The summed E-state index contributed by atoms with van der Waals surface area (Å²) >= 11 is 0. The van der Waals surface area contributed by atoms with Crippen LogP contribution in [0.1, 0.15) is 52.9 Å². The third kappa shape index (κ3) is 3.65. The monoisotopic (exact) mass is 497 g/mol. The summed E-state index contributed by atoms with van der Waals surface area (Å²) < 4.78 is 6.94. The third-order valence-electron chi connectivity index (χ3n) is 7.76. The number of rotatable bonds is 4. The predicted octanol–water partition coefficient (Wildman–Crippen LogP) is 3.32. The maximum Gasteiger partial charge on any atom is 0.274 e. The van der Waals surface area contributed by atoms with Gasteiger partial charge in [0.15, 0.2) is 0 Å². The summed E-state index contributed by atoms with van der Waals surface area (Å²) in [5.41, 5.74) is 4.96. The van der Waals surface area contributed by atoms with Crippen LogP contribution in [-0.2, 0) is 26.8 Å². The number of hydrogen-bond acceptors (Lipinski definition) is 5. The van der Waals surface area contributed by atoms with Gasteiger partial charge in [0.2, 0.25) is 5.91 Å². The molecule has 3 aromatic rings. The second-order valence-electron chi connectivity index (χ2n) is 9.75. The van der Waals surface area contributed by atoms with Gasteiger partial charge in [-0.25, -0.2) is 0 Å². The van der Waals surface area contributed by atoms with E-state index in [1.165, 1.54) is 10.9 Å². The van der Waals surface area contributed by atoms with Crippen LogP contribution in [0.4, 0.5) is 11.4 Å². The molecule has 188 valence electrons. The van der Waals surface area contributed by atoms with E-state index in [0.29, 0.717) is 43.1 Å². The number of anilines is 2. The molecular formula is C28H27N5O4. The quantitative estimate of drug-likeness (QED) is 0.479. The minimum absolute atomic E-state index is 0.0172. The van der Waals surface area contributed by atoms with Gasteiger partial charge in [-0.2, -0.15) is 5.10 Å². The zero-order chi connectivity index (χ0) is 25.7. The van der Waals surface area contributed by atoms with Crippen LogP contribution >= 0.6 is 0 Å². The molecule has 2 aliphatic heterocycles. The standard InChI is InChI=1S/C28H27N5O4/c1-16-18-5-3-4-6-19(18)23(16)24(32-25(34)22-9-12-29-33(22)2)26(35)30-17-7-8-20-21(15-17)31-27(36)28(20)10-13-37-14-11-28/h3-9,12,15-16H,10-11,13-14H2,1-2H3,(H,30,35)(H,31,36)(H,32,34). The minimum atomic E-state index is -0.578. The van der Waals surface area contributed by atoms with Crippen LogP contribution < -0.4 is 16.0 Å². The number of allylic oxidation sites excluding steroid dienone is 1. The van der Waals surface area contributed by atoms with Gasteiger partial charge in [0.1, 0.15) is 11.4 Å². The number of nitrogens with one attached hydrogen (secondary N) is 3. The highest BCUT2D eigenvalue weighted by Crippen LogP contribution is 2.47. The van der Waals surface area contributed by atoms with E-state index in [4.69, 9.17) is 4.74 Å². The van der Waals surface area contributed by atoms with Crippen molar-refractivity contribution in [1.29, 1.82) is 0 Å². The second kappa shape index (κ2) is 8.70. The van der Waals surface area contributed by atoms with Crippen molar-refractivity contribution in [2.24, 2.45) is 7.05 Å². The first kappa shape index (κ1) is 23.2. The Balaban J connectivity index is 1.32. The first-order valence-electron chi connectivity index (χ1n) is 12.4. The average molecular weight is 498 g/mol. The lowest BCUT2D eigenvalue weighted by Crippen LogP contribution is -2.39. The van der Waals surface area contributed by atoms with Crippen LogP contribution in [-0.4, -0.2) is 40.7 Å². The van der Waals surface area contributed by atoms with Gasteiger partial charge in [0, 0.05) is 43.8 Å². The molecule has 2 aromatic carbocycles. The molecule has 1 saturated heterocycles. The van der Waals surface area contributed by atoms with Crippen LogP contribution in [0.2, 0.25) is 0 Å². The van der Waals surface area contributed by atoms with Crippen LogP contribution in [0.3, 0.4) is 0 Å². The van der Waals surface area contributed by atoms with Gasteiger partial charge in [-0.05, 0) is 53.3 Å². The third-order valence-corrected chi connectivity index (χ3v) is 7.76. The highest BCUT2D eigenvalue weighted by molar-refractivity contribution is 6.15. The number of amides is 3. The van der Waals surface area contributed by atoms with Gasteiger partial charge in [-0.15, -0.1) is 0 Å². The predicted molar refractivity (Wildman–Crippen MR) is 138 cm³/mol. The van der Waals surface area contributed by atoms with Gasteiger partial charge < -0.3 is 20.7 Å². The zero-order valence-electron chi connectivity index (χ0n) is 20.6. The maximum absolute atomic E-state index is 13.6. The summed E-state index contributed by atoms with van der Waals surface area (Å²) in [6.45, 7) is 3.09. The van der Waals surface area contributed by atoms with E-state index in [0.717, 1.165) is 22.3 Å². The zero-order valence-corrected chi connectivity index (χ0v) is 20.6. The first-order valence-corrected chi connectivity index (χ1v) is 12.4. The lowest BCUT2D eigenvalue weighted by atomic mass is 9.72. The molecule has 37 heavy (non-hydrogen) atoms. The number of carbonyl (C=O) groups is 3. The van der Waals surface area contributed by atoms with Crippen molar-refractivity contribution in [3.05, 3.63) is 82.8 Å². The smallest absolute Gasteiger partial charge is 0.274 e. The lowest BCUT2D eigenvalue weighted by molar-refractivity contribution is -0.124. The Labute approximate surface area is 213 Å². The number of hydrogen-bond donors (Lipinski definition) is 3. The van der Waals surface area contributed by atoms with Crippen molar-refractivity contribution in [2.75, 3.05) is 23.8 Å². The van der Waals surface area contributed by atoms with Crippen molar-refractivity contribution < 1.29 is 19.1 Å². The SMILES string of the molecule is CC1C(=C(NC(=O)c2ccnn2C)C(=O)Nc2ccc3c(c2)NC(=O)C32CCOCC2)c2ccccc21. The van der Waals surface area contributed by atoms with E-state index in [2.05, 4.69) is 21.0 Å². The molecule has 1 aromatic heterocycles. The minimum Gasteiger partial charge on any atom is -0.381 e. The van der Waals surface area contributed by atoms with Crippen LogP contribution in [0.5, 0.6) is 0 Å². The highest BCUT2D eigenvalue weighted by Gasteiger charge is 2.47. The molecule has 1 unspecified atom stereocenters. The van der Waals surface area contributed by atoms with E-state index >= 15 is 0 Å². The molecule has 0 saturated carbocycles. The topological polar surface area (TPSA) is 114 Å². The molecule has 9 heteroatoms. The van der Waals surface area contributed by atoms with Crippen molar-refractivity contribution in [2.45, 2.75) is 31.1 Å². The van der Waals surface area contributed by atoms with E-state index in [-0.39, 0.29) is 17.5 Å². The Hall–Kier alpha value is -4.24. The number of carbonyl (C=O) groups excluding carboxylic acids is 3. The molecular weight excluding hydrogens is 470 g/mol. The Kier molecular flexibility index (Phi) is 5.45. The number of ether oxygens (including phenoxy) is 1. The molecule has 3 aliphatic rings. The van der Waals surface area contributed by atoms with Crippen LogP contribution in [0, 0.1) is 0 Å². The summed E-state index contributed by atoms with van der Waals surface area (Å²) in [4.78, 5) is 39.6. The number of nitrogens with zero attached hydrogens (tertiary/aromatic N) is 2. The molecule has 6 rings (SSSR count). The number of aromatic nitrogens is 2. The van der Waals surface area contributed by atoms with Gasteiger partial charge >= 0.3 is 0 Å². The molecule has 0 bridgehead atoms. The Bertz CT molecular complexity index is 1480. The van der Waals surface area contributed by atoms with Gasteiger partial charge in [-0.1, -0.05) is 37.3 Å². The van der Waals surface area contributed by atoms with Crippen molar-refractivity contribution >= 4 is 34.7 Å². The van der Waals surface area contributed by atoms with Crippen molar-refractivity contribution in [1.82, 2.24) is 15.1 Å². The fraction of sp³-hybridized carbons (Fsp3) is 0.286. The molecule has 1 atom stereocenters. The maximum atomic E-state index is 13.6. The fourth-order valence-corrected chi connectivity index (χ4v) is 5.72. The normalized spacial score (nSPS) is 20.4. The molecule has 1 fully saturated rings. The van der Waals surface area contributed by atoms with Crippen molar-refractivity contribution in [3.8, 4) is 0 Å². The van der Waals surface area contributed by atoms with E-state index < -0.39 is 17.2 Å². The number of benzene rings is 2. The average Bonchev–Trinajstić information content (AvgIpc) is 3.44. The number of aryl methyl sites for hydroxylation is 1. The van der Waals surface area contributed by atoms with Crippen LogP contribution in [0.25, 0.3) is 5.57 Å². The molecule has 0 radical (unpaired) electrons. The number of fused-ring (bicyclic) bond motifs is 3. The Morgan fingerprint density at radius 3 is 2.68 bits per heavy atom. The van der Waals surface area contributed by atoms with E-state index in [9.17, 15) is 14.4 Å². The molecule has 1 spiro atoms. The van der Waals surface area contributed by atoms with Crippen molar-refractivity contribution in [3.63, 3.8) is 0 Å². The summed E-state index contributed by atoms with van der Waals surface area (Å²) in [6.07, 6.45) is 2.80. The van der Waals surface area contributed by atoms with Crippen LogP contribution in [0.15, 0.2) is 60.4 Å². The van der Waals surface area contributed by atoms with Gasteiger partial charge in [-0.3, -0.25) is 19.1 Å². The summed E-state index contributed by atoms with van der Waals surface area (Å²) in [5, 5.41) is 12.8. The Morgan fingerprint density at radius 2 is 1.92 bits per heavy atom. The summed E-state index contributed by atoms with van der Waals surface area (Å²) in [5.74, 6) is -0.897. The highest BCUT2D eigenvalue weighted by atomic mass is 16.5. The molecule has 3 heterocycles. The summed E-state index contributed by atoms with van der Waals surface area (Å²) in [7, 11) is 1.67. The first-order chi connectivity index (χ1) is 17.9. The van der Waals surface area contributed by atoms with E-state index in [1.807, 2.05) is 37.3 Å². The fourth-order valence-electron chi connectivity index (χ4n) is 5.72. The molecule has 3 amide bonds. The van der Waals surface area contributed by atoms with E-state index in [1.54, 1.807) is 25.2 Å². The van der Waals surface area contributed by atoms with Gasteiger partial charge in [0.25, 0.3) is 11.8 Å². The second-order valence-corrected chi connectivity index (χ2v) is 9.75.